The summed E-state index contributed by atoms with van der Waals surface area (Å²) in [4.78, 5) is 13.2. The quantitative estimate of drug-likeness (QED) is 0.160. The standard InChI is InChI=1S/C29H24O12/c30-11-3-17(32)15-8-21(36)28(40-23(15)5-11)10-1-13-14(7-20(35)27(39)25(13)26(38)19(34)2-10)29-22(37)9-16-18(33)4-12(31)6-24(16)41-29/h1-7,21-22,28-33,35-37,39H,8-9H2,(H,34,38)/t21-,22-,28+,29+/m1/s1. The van der Waals surface area contributed by atoms with Crippen molar-refractivity contribution in [2.45, 2.75) is 37.3 Å². The third-order valence-electron chi connectivity index (χ3n) is 7.43. The summed E-state index contributed by atoms with van der Waals surface area (Å²) in [5.41, 5.74) is -0.578. The number of ether oxygens (including phenoxy) is 2. The van der Waals surface area contributed by atoms with Gasteiger partial charge in [0.2, 0.25) is 5.43 Å². The summed E-state index contributed by atoms with van der Waals surface area (Å²) in [6.07, 6.45) is -5.40. The Morgan fingerprint density at radius 2 is 1.15 bits per heavy atom. The topological polar surface area (TPSA) is 218 Å². The summed E-state index contributed by atoms with van der Waals surface area (Å²) in [5, 5.41) is 93.5. The number of aromatic hydroxyl groups is 7. The lowest BCUT2D eigenvalue weighted by atomic mass is 9.90. The molecule has 0 spiro atoms. The molecule has 4 aromatic carbocycles. The van der Waals surface area contributed by atoms with Crippen molar-refractivity contribution >= 4 is 10.8 Å². The number of rotatable bonds is 2. The van der Waals surface area contributed by atoms with E-state index >= 15 is 0 Å². The van der Waals surface area contributed by atoms with Gasteiger partial charge < -0.3 is 55.4 Å². The minimum Gasteiger partial charge on any atom is -0.508 e. The molecule has 2 aliphatic heterocycles. The summed E-state index contributed by atoms with van der Waals surface area (Å²) < 4.78 is 11.8. The highest BCUT2D eigenvalue weighted by molar-refractivity contribution is 5.94. The minimum absolute atomic E-state index is 0.00576. The summed E-state index contributed by atoms with van der Waals surface area (Å²) >= 11 is 0. The highest BCUT2D eigenvalue weighted by atomic mass is 16.5. The Balaban J connectivity index is 1.56. The Kier molecular flexibility index (Phi) is 5.90. The van der Waals surface area contributed by atoms with E-state index in [-0.39, 0.29) is 75.0 Å². The molecule has 6 rings (SSSR count). The van der Waals surface area contributed by atoms with Crippen LogP contribution in [0, 0.1) is 0 Å². The molecule has 0 unspecified atom stereocenters. The fraction of sp³-hybridized carbons (Fsp3) is 0.207. The van der Waals surface area contributed by atoms with Gasteiger partial charge in [0.05, 0.1) is 17.6 Å². The van der Waals surface area contributed by atoms with Gasteiger partial charge in [-0.15, -0.1) is 0 Å². The smallest absolute Gasteiger partial charge is 0.231 e. The molecule has 12 nitrogen and oxygen atoms in total. The molecule has 212 valence electrons. The van der Waals surface area contributed by atoms with Crippen LogP contribution in [0.3, 0.4) is 0 Å². The van der Waals surface area contributed by atoms with E-state index in [1.165, 1.54) is 18.2 Å². The van der Waals surface area contributed by atoms with Crippen molar-refractivity contribution in [2.24, 2.45) is 0 Å². The third-order valence-corrected chi connectivity index (χ3v) is 7.43. The van der Waals surface area contributed by atoms with Crippen LogP contribution in [0.4, 0.5) is 0 Å². The zero-order valence-corrected chi connectivity index (χ0v) is 21.0. The molecule has 0 aliphatic carbocycles. The molecule has 0 amide bonds. The molecule has 0 saturated carbocycles. The molecule has 9 N–H and O–H groups in total. The number of fused-ring (bicyclic) bond motifs is 3. The SMILES string of the molecule is O=c1c(O)cc([C@@H]2Oc3cc(O)cc(O)c3C[C@H]2O)cc2c([C@@H]3Oc4cc(O)cc(O)c4C[C@H]3O)cc(O)c(O)c12. The highest BCUT2D eigenvalue weighted by Crippen LogP contribution is 2.47. The van der Waals surface area contributed by atoms with Gasteiger partial charge in [0.25, 0.3) is 0 Å². The maximum atomic E-state index is 13.2. The zero-order valence-electron chi connectivity index (χ0n) is 21.0. The van der Waals surface area contributed by atoms with E-state index in [0.717, 1.165) is 24.3 Å². The van der Waals surface area contributed by atoms with Gasteiger partial charge in [-0.2, -0.15) is 0 Å². The average molecular weight is 564 g/mol. The van der Waals surface area contributed by atoms with E-state index in [9.17, 15) is 50.8 Å². The fourth-order valence-electron chi connectivity index (χ4n) is 5.52. The van der Waals surface area contributed by atoms with Gasteiger partial charge in [-0.05, 0) is 29.1 Å². The fourth-order valence-corrected chi connectivity index (χ4v) is 5.52. The molecule has 41 heavy (non-hydrogen) atoms. The van der Waals surface area contributed by atoms with Crippen LogP contribution in [-0.4, -0.2) is 58.2 Å². The molecule has 0 fully saturated rings. The Bertz CT molecular complexity index is 1800. The average Bonchev–Trinajstić information content (AvgIpc) is 3.03. The van der Waals surface area contributed by atoms with E-state index in [1.54, 1.807) is 0 Å². The van der Waals surface area contributed by atoms with Crippen molar-refractivity contribution < 1.29 is 55.4 Å². The second-order valence-electron chi connectivity index (χ2n) is 10.1. The first-order valence-corrected chi connectivity index (χ1v) is 12.5. The van der Waals surface area contributed by atoms with E-state index in [1.807, 2.05) is 0 Å². The first kappa shape index (κ1) is 26.2. The number of phenols is 6. The van der Waals surface area contributed by atoms with Crippen LogP contribution in [0.1, 0.15) is 34.5 Å². The Hall–Kier alpha value is -5.07. The molecule has 2 aliphatic rings. The summed E-state index contributed by atoms with van der Waals surface area (Å²) in [5.74, 6) is -3.57. The van der Waals surface area contributed by atoms with Crippen molar-refractivity contribution in [3.63, 3.8) is 0 Å². The minimum atomic E-state index is -1.34. The summed E-state index contributed by atoms with van der Waals surface area (Å²) in [6, 6.07) is 8.05. The van der Waals surface area contributed by atoms with Gasteiger partial charge in [-0.1, -0.05) is 0 Å². The van der Waals surface area contributed by atoms with Crippen molar-refractivity contribution in [2.75, 3.05) is 0 Å². The van der Waals surface area contributed by atoms with Gasteiger partial charge in [0.15, 0.2) is 23.4 Å². The Morgan fingerprint density at radius 3 is 1.73 bits per heavy atom. The van der Waals surface area contributed by atoms with Gasteiger partial charge in [-0.25, -0.2) is 0 Å². The molecule has 0 aromatic heterocycles. The van der Waals surface area contributed by atoms with E-state index < -0.39 is 52.5 Å². The molecule has 0 bridgehead atoms. The van der Waals surface area contributed by atoms with Crippen LogP contribution in [0.2, 0.25) is 0 Å². The van der Waals surface area contributed by atoms with Crippen molar-refractivity contribution in [1.82, 2.24) is 0 Å². The number of aliphatic hydroxyl groups is 2. The van der Waals surface area contributed by atoms with Gasteiger partial charge in [0.1, 0.15) is 40.6 Å². The monoisotopic (exact) mass is 564 g/mol. The molecule has 0 radical (unpaired) electrons. The number of aliphatic hydroxyl groups excluding tert-OH is 2. The predicted octanol–water partition coefficient (Wildman–Crippen LogP) is 2.21. The Labute approximate surface area is 230 Å². The first-order chi connectivity index (χ1) is 19.4. The molecule has 12 heteroatoms. The van der Waals surface area contributed by atoms with E-state index in [0.29, 0.717) is 0 Å². The molecular weight excluding hydrogens is 540 g/mol. The summed E-state index contributed by atoms with van der Waals surface area (Å²) in [6.45, 7) is 0. The maximum absolute atomic E-state index is 13.2. The number of phenolic OH excluding ortho intramolecular Hbond substituents is 6. The van der Waals surface area contributed by atoms with Crippen LogP contribution >= 0.6 is 0 Å². The van der Waals surface area contributed by atoms with Crippen molar-refractivity contribution in [3.8, 4) is 51.7 Å². The third kappa shape index (κ3) is 4.20. The maximum Gasteiger partial charge on any atom is 0.231 e. The van der Waals surface area contributed by atoms with Crippen LogP contribution in [0.25, 0.3) is 10.8 Å². The predicted molar refractivity (Wildman–Crippen MR) is 141 cm³/mol. The van der Waals surface area contributed by atoms with Crippen LogP contribution in [0.5, 0.6) is 51.7 Å². The van der Waals surface area contributed by atoms with Crippen LogP contribution in [0.15, 0.2) is 47.3 Å². The van der Waals surface area contributed by atoms with Crippen LogP contribution < -0.4 is 14.9 Å². The first-order valence-electron chi connectivity index (χ1n) is 12.5. The van der Waals surface area contributed by atoms with E-state index in [4.69, 9.17) is 9.47 Å². The second kappa shape index (κ2) is 9.25. The largest absolute Gasteiger partial charge is 0.508 e. The molecule has 0 saturated heterocycles. The normalized spacial score (nSPS) is 21.4. The molecular formula is C29H24O12. The van der Waals surface area contributed by atoms with Crippen LogP contribution in [-0.2, 0) is 12.8 Å². The molecule has 4 atom stereocenters. The van der Waals surface area contributed by atoms with Gasteiger partial charge >= 0.3 is 0 Å². The van der Waals surface area contributed by atoms with Crippen molar-refractivity contribution in [3.05, 3.63) is 74.9 Å². The Morgan fingerprint density at radius 1 is 0.610 bits per heavy atom. The number of hydrogen-bond acceptors (Lipinski definition) is 12. The lowest BCUT2D eigenvalue weighted by molar-refractivity contribution is 0.0193. The summed E-state index contributed by atoms with van der Waals surface area (Å²) in [7, 11) is 0. The number of hydrogen-bond donors (Lipinski definition) is 9. The van der Waals surface area contributed by atoms with Gasteiger partial charge in [0, 0.05) is 53.8 Å². The zero-order chi connectivity index (χ0) is 29.3. The second-order valence-corrected chi connectivity index (χ2v) is 10.1. The molecule has 4 aromatic rings. The lowest BCUT2D eigenvalue weighted by Gasteiger charge is -2.32. The number of benzene rings is 3. The molecule has 2 heterocycles. The van der Waals surface area contributed by atoms with E-state index in [2.05, 4.69) is 0 Å². The highest BCUT2D eigenvalue weighted by Gasteiger charge is 2.36. The lowest BCUT2D eigenvalue weighted by Crippen LogP contribution is -2.31. The van der Waals surface area contributed by atoms with Crippen molar-refractivity contribution in [1.29, 1.82) is 0 Å². The van der Waals surface area contributed by atoms with Gasteiger partial charge in [-0.3, -0.25) is 4.79 Å².